The summed E-state index contributed by atoms with van der Waals surface area (Å²) in [6, 6.07) is 5.12. The van der Waals surface area contributed by atoms with Crippen molar-refractivity contribution in [3.63, 3.8) is 0 Å². The molecule has 4 heteroatoms. The lowest BCUT2D eigenvalue weighted by atomic mass is 9.50. The van der Waals surface area contributed by atoms with Crippen molar-refractivity contribution in [2.45, 2.75) is 137 Å². The number of rotatable bonds is 8. The maximum Gasteiger partial charge on any atom is 0.148 e. The van der Waals surface area contributed by atoms with Crippen molar-refractivity contribution >= 4 is 32.9 Å². The summed E-state index contributed by atoms with van der Waals surface area (Å²) in [5, 5.41) is 2.53. The molecule has 36 heavy (non-hydrogen) atoms. The largest absolute Gasteiger partial charge is 0.305 e. The van der Waals surface area contributed by atoms with E-state index in [-0.39, 0.29) is 5.41 Å². The summed E-state index contributed by atoms with van der Waals surface area (Å²) < 4.78 is 0. The second-order valence-electron chi connectivity index (χ2n) is 16.3. The Bertz CT molecular complexity index is 927. The van der Waals surface area contributed by atoms with Crippen LogP contribution in [0.25, 0.3) is 0 Å². The number of carbonyl (C=O) groups is 1. The minimum absolute atomic E-state index is 0.000745. The lowest BCUT2D eigenvalue weighted by molar-refractivity contribution is -0.135. The molecule has 0 aliphatic heterocycles. The van der Waals surface area contributed by atoms with Gasteiger partial charge in [0.2, 0.25) is 0 Å². The first kappa shape index (κ1) is 28.5. The molecule has 0 amide bonds. The average molecular weight is 541 g/mol. The van der Waals surface area contributed by atoms with Gasteiger partial charge in [0.15, 0.2) is 0 Å². The zero-order valence-corrected chi connectivity index (χ0v) is 28.8. The Labute approximate surface area is 226 Å². The Morgan fingerprint density at radius 1 is 0.694 bits per heavy atom. The molecule has 1 nitrogen and oxygen atoms in total. The van der Waals surface area contributed by atoms with Crippen molar-refractivity contribution in [1.82, 2.24) is 0 Å². The Balaban J connectivity index is 2.09. The lowest BCUT2D eigenvalue weighted by Crippen LogP contribution is -2.86. The molecule has 4 fully saturated rings. The van der Waals surface area contributed by atoms with E-state index in [1.807, 2.05) is 0 Å². The third kappa shape index (κ3) is 4.33. The molecule has 5 rings (SSSR count). The Morgan fingerprint density at radius 2 is 1.06 bits per heavy atom. The first-order valence-corrected chi connectivity index (χ1v) is 26.2. The normalized spacial score (nSPS) is 28.6. The molecular formula is C32H56OSi3. The minimum Gasteiger partial charge on any atom is -0.305 e. The number of hydrogen-bond donors (Lipinski definition) is 0. The van der Waals surface area contributed by atoms with Gasteiger partial charge in [-0.05, 0) is 95.9 Å². The molecule has 4 aliphatic rings. The van der Waals surface area contributed by atoms with Gasteiger partial charge in [0, 0.05) is 5.41 Å². The van der Waals surface area contributed by atoms with Crippen molar-refractivity contribution in [2.24, 2.45) is 23.2 Å². The Kier molecular flexibility index (Phi) is 7.40. The van der Waals surface area contributed by atoms with Gasteiger partial charge in [-0.2, -0.15) is 0 Å². The molecule has 1 aromatic rings. The summed E-state index contributed by atoms with van der Waals surface area (Å²) in [5.41, 5.74) is 4.59. The third-order valence-electron chi connectivity index (χ3n) is 10.6. The highest BCUT2D eigenvalue weighted by Gasteiger charge is 2.68. The van der Waals surface area contributed by atoms with Crippen molar-refractivity contribution < 1.29 is 4.79 Å². The molecule has 4 saturated carbocycles. The molecule has 1 aromatic carbocycles. The van der Waals surface area contributed by atoms with E-state index in [4.69, 9.17) is 0 Å². The highest BCUT2D eigenvalue weighted by molar-refractivity contribution is 7.81. The van der Waals surface area contributed by atoms with E-state index in [1.54, 1.807) is 16.3 Å². The van der Waals surface area contributed by atoms with Gasteiger partial charge in [-0.15, -0.1) is 0 Å². The Morgan fingerprint density at radius 3 is 1.33 bits per heavy atom. The molecule has 0 spiro atoms. The standard InChI is InChI=1S/C32H56OSi3/c1-21(2)27-16-28(22(3)4)30(29(17-27)23(5)6)36(34(7,8)9,35(10,11)12)31(33)32-18-24-13-25(19-32)15-26(14-24)20-32/h16-17,21-26H,13-15,18-20H2,1-12H3. The second-order valence-corrected chi connectivity index (χ2v) is 42.8. The van der Waals surface area contributed by atoms with Crippen molar-refractivity contribution in [3.8, 4) is 0 Å². The summed E-state index contributed by atoms with van der Waals surface area (Å²) in [7, 11) is -6.25. The van der Waals surface area contributed by atoms with Crippen LogP contribution in [0, 0.1) is 23.2 Å². The molecule has 0 unspecified atom stereocenters. The van der Waals surface area contributed by atoms with Crippen LogP contribution in [0.15, 0.2) is 12.1 Å². The summed E-state index contributed by atoms with van der Waals surface area (Å²) >= 11 is 0. The second kappa shape index (κ2) is 9.33. The van der Waals surface area contributed by atoms with Gasteiger partial charge in [-0.1, -0.05) is 93.0 Å². The van der Waals surface area contributed by atoms with Crippen molar-refractivity contribution in [1.29, 1.82) is 0 Å². The molecular weight excluding hydrogens is 485 g/mol. The molecule has 202 valence electrons. The van der Waals surface area contributed by atoms with Gasteiger partial charge in [-0.3, -0.25) is 0 Å². The quantitative estimate of drug-likeness (QED) is 0.301. The fourth-order valence-electron chi connectivity index (χ4n) is 9.85. The van der Waals surface area contributed by atoms with E-state index in [0.717, 1.165) is 23.2 Å². The predicted octanol–water partition coefficient (Wildman–Crippen LogP) is 8.87. The van der Waals surface area contributed by atoms with Gasteiger partial charge >= 0.3 is 0 Å². The lowest BCUT2D eigenvalue weighted by Gasteiger charge is -2.61. The SMILES string of the molecule is CC(C)c1cc(C(C)C)c([Si](C(=O)C23CC4CC(CC(C4)C2)C3)([Si](C)(C)C)[Si](C)(C)C)c(C(C)C)c1. The van der Waals surface area contributed by atoms with E-state index in [9.17, 15) is 0 Å². The number of hydrogen-bond acceptors (Lipinski definition) is 1. The van der Waals surface area contributed by atoms with E-state index in [0.29, 0.717) is 17.8 Å². The maximum atomic E-state index is 15.9. The third-order valence-corrected chi connectivity index (χ3v) is 47.5. The van der Waals surface area contributed by atoms with Crippen LogP contribution in [0.4, 0.5) is 0 Å². The highest BCUT2D eigenvalue weighted by Crippen LogP contribution is 2.62. The predicted molar refractivity (Wildman–Crippen MR) is 166 cm³/mol. The molecule has 4 aliphatic carbocycles. The first-order valence-electron chi connectivity index (χ1n) is 15.2. The summed E-state index contributed by atoms with van der Waals surface area (Å²) in [6.45, 7) is 29.9. The van der Waals surface area contributed by atoms with Gasteiger partial charge in [0.25, 0.3) is 0 Å². The summed E-state index contributed by atoms with van der Waals surface area (Å²) in [4.78, 5) is 15.9. The molecule has 4 bridgehead atoms. The van der Waals surface area contributed by atoms with Gasteiger partial charge < -0.3 is 4.79 Å². The molecule has 0 aromatic heterocycles. The van der Waals surface area contributed by atoms with E-state index >= 15 is 4.79 Å². The van der Waals surface area contributed by atoms with Crippen LogP contribution in [0.1, 0.15) is 115 Å². The number of benzene rings is 1. The van der Waals surface area contributed by atoms with Gasteiger partial charge in [0.05, 0.1) is 15.2 Å². The topological polar surface area (TPSA) is 17.1 Å². The van der Waals surface area contributed by atoms with Crippen LogP contribution in [0.2, 0.25) is 39.3 Å². The van der Waals surface area contributed by atoms with E-state index < -0.39 is 22.3 Å². The maximum absolute atomic E-state index is 15.9. The summed E-state index contributed by atoms with van der Waals surface area (Å²) in [5.74, 6) is 3.91. The van der Waals surface area contributed by atoms with Crippen LogP contribution in [0.3, 0.4) is 0 Å². The van der Waals surface area contributed by atoms with E-state index in [2.05, 4.69) is 93.0 Å². The first-order chi connectivity index (χ1) is 16.4. The van der Waals surface area contributed by atoms with Gasteiger partial charge in [-0.25, -0.2) is 0 Å². The van der Waals surface area contributed by atoms with Crippen LogP contribution >= 0.6 is 0 Å². The van der Waals surface area contributed by atoms with Gasteiger partial charge in [0.1, 0.15) is 12.5 Å². The number of carbonyl (C=O) groups excluding carboxylic acids is 1. The Hall–Kier alpha value is -0.459. The monoisotopic (exact) mass is 540 g/mol. The van der Waals surface area contributed by atoms with Crippen molar-refractivity contribution in [3.05, 3.63) is 28.8 Å². The smallest absolute Gasteiger partial charge is 0.148 e. The fraction of sp³-hybridized carbons (Fsp3) is 0.781. The van der Waals surface area contributed by atoms with Crippen LogP contribution in [-0.4, -0.2) is 27.7 Å². The molecule has 0 heterocycles. The fourth-order valence-corrected chi connectivity index (χ4v) is 56.8. The van der Waals surface area contributed by atoms with Crippen molar-refractivity contribution in [2.75, 3.05) is 0 Å². The summed E-state index contributed by atoms with van der Waals surface area (Å²) in [6.07, 6.45) is 7.91. The van der Waals surface area contributed by atoms with E-state index in [1.165, 1.54) is 44.1 Å². The zero-order valence-electron chi connectivity index (χ0n) is 25.8. The molecule has 0 radical (unpaired) electrons. The molecule has 0 N–H and O–H groups in total. The highest BCUT2D eigenvalue weighted by atomic mass is 29.6. The van der Waals surface area contributed by atoms with Crippen LogP contribution in [0.5, 0.6) is 0 Å². The molecule has 0 saturated heterocycles. The molecule has 0 atom stereocenters. The van der Waals surface area contributed by atoms with Crippen LogP contribution < -0.4 is 5.19 Å². The van der Waals surface area contributed by atoms with Crippen LogP contribution in [-0.2, 0) is 4.79 Å². The average Bonchev–Trinajstić information content (AvgIpc) is 2.70. The minimum atomic E-state index is -2.50. The zero-order chi connectivity index (χ0) is 27.0.